The molecule has 1 aromatic heterocycles. The van der Waals surface area contributed by atoms with Crippen molar-refractivity contribution in [2.24, 2.45) is 5.92 Å². The number of hydrogen-bond acceptors (Lipinski definition) is 4. The van der Waals surface area contributed by atoms with Crippen LogP contribution in [-0.4, -0.2) is 36.0 Å². The van der Waals surface area contributed by atoms with Crippen LogP contribution < -0.4 is 0 Å². The minimum Gasteiger partial charge on any atom is -0.450 e. The second-order valence-electron chi connectivity index (χ2n) is 7.61. The van der Waals surface area contributed by atoms with Gasteiger partial charge in [-0.15, -0.1) is 0 Å². The predicted molar refractivity (Wildman–Crippen MR) is 97.9 cm³/mol. The van der Waals surface area contributed by atoms with Gasteiger partial charge in [-0.3, -0.25) is 4.79 Å². The predicted octanol–water partition coefficient (Wildman–Crippen LogP) is 4.22. The molecule has 2 heterocycles. The summed E-state index contributed by atoms with van der Waals surface area (Å²) in [6.07, 6.45) is 6.81. The third kappa shape index (κ3) is 3.45. The van der Waals surface area contributed by atoms with Crippen molar-refractivity contribution in [1.29, 1.82) is 0 Å². The van der Waals surface area contributed by atoms with Gasteiger partial charge in [0, 0.05) is 23.5 Å². The standard InChI is InChI=1S/C21H24FNO4/c1-13-16-11-15(22)8-9-18(16)27-20(13)21(25)26-12-19(24)23-10-4-6-14-5-2-3-7-17(14)23/h8-9,11,14,17H,2-7,10,12H2,1H3/t14-,17-/m0/s1. The van der Waals surface area contributed by atoms with Crippen LogP contribution in [0.3, 0.4) is 0 Å². The first-order chi connectivity index (χ1) is 13.0. The van der Waals surface area contributed by atoms with E-state index in [1.54, 1.807) is 6.92 Å². The largest absolute Gasteiger partial charge is 0.450 e. The molecule has 2 fully saturated rings. The van der Waals surface area contributed by atoms with E-state index in [0.29, 0.717) is 22.5 Å². The van der Waals surface area contributed by atoms with E-state index in [1.807, 2.05) is 4.90 Å². The van der Waals surface area contributed by atoms with Crippen molar-refractivity contribution >= 4 is 22.8 Å². The molecule has 1 amide bonds. The number of benzene rings is 1. The molecule has 2 aliphatic rings. The van der Waals surface area contributed by atoms with Crippen LogP contribution in [0.1, 0.15) is 54.6 Å². The Balaban J connectivity index is 1.43. The van der Waals surface area contributed by atoms with Crippen LogP contribution in [0, 0.1) is 18.7 Å². The highest BCUT2D eigenvalue weighted by Gasteiger charge is 2.36. The minimum absolute atomic E-state index is 0.0255. The number of likely N-dealkylation sites (tertiary alicyclic amines) is 1. The molecule has 0 radical (unpaired) electrons. The average Bonchev–Trinajstić information content (AvgIpc) is 3.01. The van der Waals surface area contributed by atoms with Crippen molar-refractivity contribution < 1.29 is 23.1 Å². The van der Waals surface area contributed by atoms with Crippen LogP contribution in [0.2, 0.25) is 0 Å². The lowest BCUT2D eigenvalue weighted by atomic mass is 9.78. The first-order valence-corrected chi connectivity index (χ1v) is 9.70. The third-order valence-corrected chi connectivity index (χ3v) is 5.97. The Kier molecular flexibility index (Phi) is 4.89. The van der Waals surface area contributed by atoms with Crippen molar-refractivity contribution in [3.63, 3.8) is 0 Å². The molecule has 1 aromatic carbocycles. The van der Waals surface area contributed by atoms with Crippen LogP contribution in [-0.2, 0) is 9.53 Å². The van der Waals surface area contributed by atoms with Gasteiger partial charge in [-0.25, -0.2) is 9.18 Å². The van der Waals surface area contributed by atoms with Gasteiger partial charge in [-0.1, -0.05) is 12.8 Å². The maximum absolute atomic E-state index is 13.4. The maximum atomic E-state index is 13.4. The van der Waals surface area contributed by atoms with E-state index in [9.17, 15) is 14.0 Å². The topological polar surface area (TPSA) is 59.8 Å². The van der Waals surface area contributed by atoms with Crippen molar-refractivity contribution in [2.45, 2.75) is 51.5 Å². The summed E-state index contributed by atoms with van der Waals surface area (Å²) in [6.45, 7) is 2.13. The Morgan fingerprint density at radius 2 is 2.00 bits per heavy atom. The molecule has 5 nitrogen and oxygen atoms in total. The van der Waals surface area contributed by atoms with E-state index in [0.717, 1.165) is 25.8 Å². The molecule has 0 bridgehead atoms. The summed E-state index contributed by atoms with van der Waals surface area (Å²) in [6, 6.07) is 4.37. The molecule has 1 saturated heterocycles. The van der Waals surface area contributed by atoms with E-state index >= 15 is 0 Å². The normalized spacial score (nSPS) is 22.5. The van der Waals surface area contributed by atoms with Crippen molar-refractivity contribution in [3.8, 4) is 0 Å². The van der Waals surface area contributed by atoms with Gasteiger partial charge in [0.15, 0.2) is 6.61 Å². The zero-order chi connectivity index (χ0) is 19.0. The van der Waals surface area contributed by atoms with Gasteiger partial charge >= 0.3 is 5.97 Å². The van der Waals surface area contributed by atoms with Gasteiger partial charge in [0.2, 0.25) is 5.76 Å². The first kappa shape index (κ1) is 18.0. The van der Waals surface area contributed by atoms with Crippen LogP contribution in [0.4, 0.5) is 4.39 Å². The Bertz CT molecular complexity index is 872. The number of fused-ring (bicyclic) bond motifs is 2. The zero-order valence-electron chi connectivity index (χ0n) is 15.5. The molecule has 1 saturated carbocycles. The lowest BCUT2D eigenvalue weighted by molar-refractivity contribution is -0.140. The highest BCUT2D eigenvalue weighted by atomic mass is 19.1. The lowest BCUT2D eigenvalue weighted by Gasteiger charge is -2.44. The van der Waals surface area contributed by atoms with Gasteiger partial charge in [-0.2, -0.15) is 0 Å². The number of hydrogen-bond donors (Lipinski definition) is 0. The number of esters is 1. The van der Waals surface area contributed by atoms with Crippen molar-refractivity contribution in [2.75, 3.05) is 13.2 Å². The van der Waals surface area contributed by atoms with Gasteiger partial charge in [-0.05, 0) is 56.7 Å². The molecular formula is C21H24FNO4. The molecule has 0 spiro atoms. The number of carbonyl (C=O) groups excluding carboxylic acids is 2. The number of furan rings is 1. The number of ether oxygens (including phenoxy) is 1. The van der Waals surface area contributed by atoms with Crippen LogP contribution in [0.15, 0.2) is 22.6 Å². The van der Waals surface area contributed by atoms with E-state index < -0.39 is 11.8 Å². The summed E-state index contributed by atoms with van der Waals surface area (Å²) in [5.41, 5.74) is 0.945. The van der Waals surface area contributed by atoms with Gasteiger partial charge in [0.1, 0.15) is 11.4 Å². The van der Waals surface area contributed by atoms with Crippen molar-refractivity contribution in [3.05, 3.63) is 35.3 Å². The summed E-state index contributed by atoms with van der Waals surface area (Å²) >= 11 is 0. The van der Waals surface area contributed by atoms with E-state index in [4.69, 9.17) is 9.15 Å². The van der Waals surface area contributed by atoms with Gasteiger partial charge < -0.3 is 14.1 Å². The van der Waals surface area contributed by atoms with Gasteiger partial charge in [0.05, 0.1) is 0 Å². The quantitative estimate of drug-likeness (QED) is 0.756. The monoisotopic (exact) mass is 373 g/mol. The smallest absolute Gasteiger partial charge is 0.375 e. The zero-order valence-corrected chi connectivity index (χ0v) is 15.5. The summed E-state index contributed by atoms with van der Waals surface area (Å²) in [4.78, 5) is 27.0. The number of aryl methyl sites for hydroxylation is 1. The fourth-order valence-electron chi connectivity index (χ4n) is 4.60. The fraction of sp³-hybridized carbons (Fsp3) is 0.524. The second kappa shape index (κ2) is 7.33. The summed E-state index contributed by atoms with van der Waals surface area (Å²) in [5, 5.41) is 0.536. The number of halogens is 1. The summed E-state index contributed by atoms with van der Waals surface area (Å²) in [5.74, 6) is -0.611. The third-order valence-electron chi connectivity index (χ3n) is 5.97. The molecule has 27 heavy (non-hydrogen) atoms. The Labute approximate surface area is 157 Å². The highest BCUT2D eigenvalue weighted by Crippen LogP contribution is 2.35. The molecule has 6 heteroatoms. The highest BCUT2D eigenvalue weighted by molar-refractivity contribution is 5.96. The number of carbonyl (C=O) groups is 2. The number of amides is 1. The Hall–Kier alpha value is -2.37. The van der Waals surface area contributed by atoms with E-state index in [2.05, 4.69) is 0 Å². The van der Waals surface area contributed by atoms with E-state index in [1.165, 1.54) is 37.5 Å². The van der Waals surface area contributed by atoms with Crippen LogP contribution >= 0.6 is 0 Å². The maximum Gasteiger partial charge on any atom is 0.375 e. The minimum atomic E-state index is -0.685. The SMILES string of the molecule is Cc1c(C(=O)OCC(=O)N2CCC[C@@H]3CCCC[C@@H]32)oc2ccc(F)cc12. The molecule has 144 valence electrons. The molecule has 2 aromatic rings. The van der Waals surface area contributed by atoms with Crippen LogP contribution in [0.5, 0.6) is 0 Å². The molecule has 4 rings (SSSR count). The molecule has 2 atom stereocenters. The average molecular weight is 373 g/mol. The summed E-state index contributed by atoms with van der Waals surface area (Å²) < 4.78 is 24.2. The molecule has 0 unspecified atom stereocenters. The lowest BCUT2D eigenvalue weighted by Crippen LogP contribution is -2.50. The summed E-state index contributed by atoms with van der Waals surface area (Å²) in [7, 11) is 0. The first-order valence-electron chi connectivity index (χ1n) is 9.70. The Morgan fingerprint density at radius 1 is 1.22 bits per heavy atom. The number of piperidine rings is 1. The van der Waals surface area contributed by atoms with E-state index in [-0.39, 0.29) is 24.3 Å². The molecular weight excluding hydrogens is 349 g/mol. The molecule has 0 N–H and O–H groups in total. The van der Waals surface area contributed by atoms with Crippen LogP contribution in [0.25, 0.3) is 11.0 Å². The second-order valence-corrected chi connectivity index (χ2v) is 7.61. The fourth-order valence-corrected chi connectivity index (χ4v) is 4.60. The molecule has 1 aliphatic carbocycles. The number of rotatable bonds is 3. The van der Waals surface area contributed by atoms with Crippen molar-refractivity contribution in [1.82, 2.24) is 4.90 Å². The molecule has 1 aliphatic heterocycles. The Morgan fingerprint density at radius 3 is 2.85 bits per heavy atom. The van der Waals surface area contributed by atoms with Gasteiger partial charge in [0.25, 0.3) is 5.91 Å². The number of nitrogens with zero attached hydrogens (tertiary/aromatic N) is 1.